The zero-order chi connectivity index (χ0) is 33.5. The maximum absolute atomic E-state index is 13.1. The lowest BCUT2D eigenvalue weighted by Gasteiger charge is -2.42. The Morgan fingerprint density at radius 2 is 1.79 bits per heavy atom. The first-order valence-corrected chi connectivity index (χ1v) is 17.7. The molecule has 7 rings (SSSR count). The van der Waals surface area contributed by atoms with E-state index < -0.39 is 5.60 Å². The highest BCUT2D eigenvalue weighted by molar-refractivity contribution is 5.97. The van der Waals surface area contributed by atoms with Crippen LogP contribution < -0.4 is 14.5 Å². The number of fused-ring (bicyclic) bond motifs is 2. The van der Waals surface area contributed by atoms with E-state index in [0.717, 1.165) is 36.6 Å². The number of aryl methyl sites for hydroxylation is 1. The molecule has 1 atom stereocenters. The van der Waals surface area contributed by atoms with Gasteiger partial charge in [0.1, 0.15) is 11.4 Å². The molecule has 3 fully saturated rings. The number of nitrogens with zero attached hydrogens (tertiary/aromatic N) is 7. The molecule has 1 aromatic heterocycles. The molecule has 0 N–H and O–H groups in total. The van der Waals surface area contributed by atoms with Crippen LogP contribution in [0.4, 0.5) is 16.3 Å². The van der Waals surface area contributed by atoms with Crippen LogP contribution in [0.2, 0.25) is 0 Å². The van der Waals surface area contributed by atoms with Gasteiger partial charge in [0.25, 0.3) is 0 Å². The Balaban J connectivity index is 1.18. The molecule has 0 bridgehead atoms. The van der Waals surface area contributed by atoms with E-state index in [1.807, 2.05) is 20.8 Å². The zero-order valence-corrected chi connectivity index (χ0v) is 29.0. The molecular weight excluding hydrogens is 602 g/mol. The van der Waals surface area contributed by atoms with Crippen molar-refractivity contribution in [2.75, 3.05) is 62.2 Å². The third kappa shape index (κ3) is 6.88. The molecule has 1 amide bonds. The molecule has 10 heteroatoms. The molecule has 1 aliphatic carbocycles. The summed E-state index contributed by atoms with van der Waals surface area (Å²) in [5.41, 5.74) is 4.19. The van der Waals surface area contributed by atoms with Crippen molar-refractivity contribution in [3.8, 4) is 12.1 Å². The number of likely N-dealkylation sites (tertiary alicyclic amines) is 1. The Morgan fingerprint density at radius 1 is 1.02 bits per heavy atom. The second kappa shape index (κ2) is 13.1. The van der Waals surface area contributed by atoms with Gasteiger partial charge in [0.2, 0.25) is 0 Å². The van der Waals surface area contributed by atoms with E-state index in [2.05, 4.69) is 64.1 Å². The Hall–Kier alpha value is -4.10. The lowest BCUT2D eigenvalue weighted by atomic mass is 9.99. The first-order valence-electron chi connectivity index (χ1n) is 17.7. The SMILES string of the molecule is Cc1cccc2cccc(N3CCc4c(nc(OCC5(CN6CCCC6)CC5)nc4N4CCN(C(=O)OC(C)(C)C)[C@@H](CC#N)C4)C3)c12. The summed E-state index contributed by atoms with van der Waals surface area (Å²) in [6, 6.07) is 15.5. The van der Waals surface area contributed by atoms with Crippen molar-refractivity contribution in [3.63, 3.8) is 0 Å². The fraction of sp³-hybridized carbons (Fsp3) is 0.579. The molecular formula is C38H49N7O3. The number of hydrogen-bond acceptors (Lipinski definition) is 9. The summed E-state index contributed by atoms with van der Waals surface area (Å²) in [6.45, 7) is 14.9. The van der Waals surface area contributed by atoms with Gasteiger partial charge in [0.05, 0.1) is 37.4 Å². The van der Waals surface area contributed by atoms with Crippen molar-refractivity contribution in [2.24, 2.45) is 5.41 Å². The fourth-order valence-corrected chi connectivity index (χ4v) is 7.74. The number of aromatic nitrogens is 2. The maximum atomic E-state index is 13.1. The monoisotopic (exact) mass is 651 g/mol. The Morgan fingerprint density at radius 3 is 2.52 bits per heavy atom. The first-order chi connectivity index (χ1) is 23.1. The first kappa shape index (κ1) is 32.4. The molecule has 4 aliphatic rings. The molecule has 2 aromatic carbocycles. The third-order valence-corrected chi connectivity index (χ3v) is 10.4. The summed E-state index contributed by atoms with van der Waals surface area (Å²) in [4.78, 5) is 32.3. The fourth-order valence-electron chi connectivity index (χ4n) is 7.74. The smallest absolute Gasteiger partial charge is 0.410 e. The predicted molar refractivity (Wildman–Crippen MR) is 187 cm³/mol. The van der Waals surface area contributed by atoms with E-state index in [4.69, 9.17) is 19.4 Å². The van der Waals surface area contributed by atoms with Gasteiger partial charge in [-0.15, -0.1) is 0 Å². The second-order valence-corrected chi connectivity index (χ2v) is 15.3. The topological polar surface area (TPSA) is 98.1 Å². The van der Waals surface area contributed by atoms with E-state index in [1.165, 1.54) is 60.8 Å². The summed E-state index contributed by atoms with van der Waals surface area (Å²) in [5.74, 6) is 0.875. The number of hydrogen-bond donors (Lipinski definition) is 0. The van der Waals surface area contributed by atoms with E-state index in [1.54, 1.807) is 4.90 Å². The number of carbonyl (C=O) groups excluding carboxylic acids is 1. The van der Waals surface area contributed by atoms with E-state index >= 15 is 0 Å². The van der Waals surface area contributed by atoms with Crippen molar-refractivity contribution < 1.29 is 14.3 Å². The van der Waals surface area contributed by atoms with Gasteiger partial charge in [-0.3, -0.25) is 0 Å². The van der Waals surface area contributed by atoms with Crippen LogP contribution in [0.5, 0.6) is 6.01 Å². The van der Waals surface area contributed by atoms with Crippen molar-refractivity contribution in [1.29, 1.82) is 5.26 Å². The minimum atomic E-state index is -0.606. The van der Waals surface area contributed by atoms with Gasteiger partial charge in [-0.1, -0.05) is 30.3 Å². The number of benzene rings is 2. The third-order valence-electron chi connectivity index (χ3n) is 10.4. The highest BCUT2D eigenvalue weighted by atomic mass is 16.6. The lowest BCUT2D eigenvalue weighted by molar-refractivity contribution is 0.0144. The summed E-state index contributed by atoms with van der Waals surface area (Å²) in [5, 5.41) is 12.3. The molecule has 2 saturated heterocycles. The van der Waals surface area contributed by atoms with Crippen LogP contribution >= 0.6 is 0 Å². The predicted octanol–water partition coefficient (Wildman–Crippen LogP) is 6.10. The Kier molecular flexibility index (Phi) is 8.84. The maximum Gasteiger partial charge on any atom is 0.410 e. The van der Waals surface area contributed by atoms with Crippen molar-refractivity contribution >= 4 is 28.4 Å². The van der Waals surface area contributed by atoms with Gasteiger partial charge in [-0.2, -0.15) is 15.2 Å². The number of piperazine rings is 1. The van der Waals surface area contributed by atoms with Crippen molar-refractivity contribution in [1.82, 2.24) is 19.8 Å². The molecule has 0 radical (unpaired) electrons. The summed E-state index contributed by atoms with van der Waals surface area (Å²) in [7, 11) is 0. The van der Waals surface area contributed by atoms with Crippen molar-refractivity contribution in [2.45, 2.75) is 84.4 Å². The highest BCUT2D eigenvalue weighted by Crippen LogP contribution is 2.47. The summed E-state index contributed by atoms with van der Waals surface area (Å²) < 4.78 is 12.2. The van der Waals surface area contributed by atoms with Crippen LogP contribution in [-0.2, 0) is 17.7 Å². The van der Waals surface area contributed by atoms with Gasteiger partial charge < -0.3 is 29.1 Å². The second-order valence-electron chi connectivity index (χ2n) is 15.3. The standard InChI is InChI=1S/C38H49N7O3/c1-27-9-7-10-28-11-8-12-32(33(27)28)43-20-14-30-31(24-43)40-35(47-26-38(15-16-38)25-42-18-5-6-19-42)41-34(30)44-21-22-45(29(23-44)13-17-39)36(46)48-37(2,3)4/h7-12,29H,5-6,13-16,18-26H2,1-4H3/t29-/m0/s1. The highest BCUT2D eigenvalue weighted by Gasteiger charge is 2.45. The van der Waals surface area contributed by atoms with Gasteiger partial charge in [0, 0.05) is 54.8 Å². The molecule has 1 saturated carbocycles. The van der Waals surface area contributed by atoms with E-state index in [0.29, 0.717) is 38.8 Å². The minimum Gasteiger partial charge on any atom is -0.463 e. The number of rotatable bonds is 8. The number of nitriles is 1. The minimum absolute atomic E-state index is 0.188. The van der Waals surface area contributed by atoms with Crippen LogP contribution in [0, 0.1) is 23.7 Å². The quantitative estimate of drug-likeness (QED) is 0.286. The summed E-state index contributed by atoms with van der Waals surface area (Å²) >= 11 is 0. The van der Waals surface area contributed by atoms with Gasteiger partial charge in [0.15, 0.2) is 0 Å². The van der Waals surface area contributed by atoms with Gasteiger partial charge >= 0.3 is 12.1 Å². The number of carbonyl (C=O) groups is 1. The normalized spacial score (nSPS) is 20.8. The number of anilines is 2. The average Bonchev–Trinajstić information content (AvgIpc) is 3.63. The zero-order valence-electron chi connectivity index (χ0n) is 29.0. The van der Waals surface area contributed by atoms with Crippen LogP contribution in [0.1, 0.15) is 69.7 Å². The average molecular weight is 652 g/mol. The molecule has 0 unspecified atom stereocenters. The summed E-state index contributed by atoms with van der Waals surface area (Å²) in [6.07, 6.45) is 5.57. The molecule has 0 spiro atoms. The Labute approximate surface area is 284 Å². The largest absolute Gasteiger partial charge is 0.463 e. The van der Waals surface area contributed by atoms with Crippen LogP contribution in [0.25, 0.3) is 10.8 Å². The van der Waals surface area contributed by atoms with Gasteiger partial charge in [-0.05, 0) is 89.9 Å². The molecule has 3 aromatic rings. The molecule has 4 heterocycles. The molecule has 254 valence electrons. The number of ether oxygens (including phenoxy) is 2. The van der Waals surface area contributed by atoms with Crippen molar-refractivity contribution in [3.05, 3.63) is 53.2 Å². The Bertz CT molecular complexity index is 1700. The van der Waals surface area contributed by atoms with Crippen LogP contribution in [0.3, 0.4) is 0 Å². The molecule has 10 nitrogen and oxygen atoms in total. The van der Waals surface area contributed by atoms with Gasteiger partial charge in [-0.25, -0.2) is 4.79 Å². The van der Waals surface area contributed by atoms with Crippen LogP contribution in [-0.4, -0.2) is 89.9 Å². The van der Waals surface area contributed by atoms with Crippen LogP contribution in [0.15, 0.2) is 36.4 Å². The van der Waals surface area contributed by atoms with E-state index in [9.17, 15) is 10.1 Å². The van der Waals surface area contributed by atoms with E-state index in [-0.39, 0.29) is 24.0 Å². The molecule has 3 aliphatic heterocycles. The number of amides is 1. The molecule has 48 heavy (non-hydrogen) atoms. The lowest BCUT2D eigenvalue weighted by Crippen LogP contribution is -2.56.